The van der Waals surface area contributed by atoms with Gasteiger partial charge in [0.05, 0.1) is 0 Å². The first-order valence-electron chi connectivity index (χ1n) is 6.23. The van der Waals surface area contributed by atoms with Crippen molar-refractivity contribution < 1.29 is 0 Å². The van der Waals surface area contributed by atoms with Crippen molar-refractivity contribution in [2.24, 2.45) is 5.92 Å². The first kappa shape index (κ1) is 11.5. The summed E-state index contributed by atoms with van der Waals surface area (Å²) in [5, 5.41) is 3.37. The lowest BCUT2D eigenvalue weighted by Crippen LogP contribution is -2.18. The minimum atomic E-state index is 0.779. The van der Waals surface area contributed by atoms with Crippen LogP contribution in [0.1, 0.15) is 19.8 Å². The molecule has 0 amide bonds. The Bertz CT molecular complexity index is 321. The minimum Gasteiger partial charge on any atom is -0.356 e. The molecule has 1 saturated heterocycles. The third-order valence-electron chi connectivity index (χ3n) is 3.19. The Kier molecular flexibility index (Phi) is 3.83. The molecule has 1 aliphatic heterocycles. The second kappa shape index (κ2) is 5.34. The van der Waals surface area contributed by atoms with Crippen molar-refractivity contribution in [3.05, 3.63) is 12.4 Å². The van der Waals surface area contributed by atoms with Crippen LogP contribution in [-0.4, -0.2) is 41.1 Å². The zero-order valence-corrected chi connectivity index (χ0v) is 10.3. The fourth-order valence-electron chi connectivity index (χ4n) is 2.31. The fraction of sp³-hybridized carbons (Fsp3) is 0.750. The molecular formula is C12H22N4. The fourth-order valence-corrected chi connectivity index (χ4v) is 2.31. The van der Waals surface area contributed by atoms with Gasteiger partial charge in [-0.3, -0.25) is 0 Å². The van der Waals surface area contributed by atoms with Crippen molar-refractivity contribution >= 4 is 5.95 Å². The molecule has 0 aromatic carbocycles. The summed E-state index contributed by atoms with van der Waals surface area (Å²) in [7, 11) is 2.20. The van der Waals surface area contributed by atoms with Gasteiger partial charge in [-0.05, 0) is 32.4 Å². The molecule has 0 bridgehead atoms. The predicted octanol–water partition coefficient (Wildman–Crippen LogP) is 1.66. The molecule has 1 N–H and O–H groups in total. The maximum absolute atomic E-state index is 4.35. The lowest BCUT2D eigenvalue weighted by atomic mass is 10.1. The molecule has 1 unspecified atom stereocenters. The number of aromatic nitrogens is 2. The third kappa shape index (κ3) is 2.76. The van der Waals surface area contributed by atoms with Gasteiger partial charge in [-0.1, -0.05) is 6.92 Å². The molecule has 0 aliphatic carbocycles. The predicted molar refractivity (Wildman–Crippen MR) is 66.6 cm³/mol. The van der Waals surface area contributed by atoms with Crippen molar-refractivity contribution in [1.82, 2.24) is 14.5 Å². The second-order valence-electron chi connectivity index (χ2n) is 4.75. The number of likely N-dealkylation sites (tertiary alicyclic amines) is 1. The molecule has 0 spiro atoms. The second-order valence-corrected chi connectivity index (χ2v) is 4.75. The topological polar surface area (TPSA) is 33.1 Å². The van der Waals surface area contributed by atoms with E-state index in [1.165, 1.54) is 19.5 Å². The Morgan fingerprint density at radius 3 is 3.12 bits per heavy atom. The van der Waals surface area contributed by atoms with Gasteiger partial charge in [0.2, 0.25) is 5.95 Å². The SMILES string of the molecule is CCCNc1nccn1CC1CCN(C)C1. The zero-order chi connectivity index (χ0) is 11.4. The number of nitrogens with one attached hydrogen (secondary N) is 1. The standard InChI is InChI=1S/C12H22N4/c1-3-5-13-12-14-6-8-16(12)10-11-4-7-15(2)9-11/h6,8,11H,3-5,7,9-10H2,1-2H3,(H,13,14). The highest BCUT2D eigenvalue weighted by atomic mass is 15.2. The Hall–Kier alpha value is -1.03. The normalized spacial score (nSPS) is 21.5. The van der Waals surface area contributed by atoms with E-state index in [1.54, 1.807) is 0 Å². The molecular weight excluding hydrogens is 200 g/mol. The van der Waals surface area contributed by atoms with Gasteiger partial charge in [-0.15, -0.1) is 0 Å². The van der Waals surface area contributed by atoms with E-state index in [1.807, 2.05) is 6.20 Å². The van der Waals surface area contributed by atoms with Crippen LogP contribution in [0.15, 0.2) is 12.4 Å². The van der Waals surface area contributed by atoms with E-state index in [-0.39, 0.29) is 0 Å². The highest BCUT2D eigenvalue weighted by Crippen LogP contribution is 2.18. The van der Waals surface area contributed by atoms with Crippen LogP contribution < -0.4 is 5.32 Å². The summed E-state index contributed by atoms with van der Waals surface area (Å²) in [6.45, 7) is 6.71. The maximum atomic E-state index is 4.35. The monoisotopic (exact) mass is 222 g/mol. The molecule has 2 heterocycles. The van der Waals surface area contributed by atoms with Crippen molar-refractivity contribution in [2.45, 2.75) is 26.3 Å². The van der Waals surface area contributed by atoms with Crippen molar-refractivity contribution in [3.63, 3.8) is 0 Å². The van der Waals surface area contributed by atoms with Crippen molar-refractivity contribution in [3.8, 4) is 0 Å². The van der Waals surface area contributed by atoms with Gasteiger partial charge >= 0.3 is 0 Å². The van der Waals surface area contributed by atoms with Gasteiger partial charge in [0, 0.05) is 32.0 Å². The summed E-state index contributed by atoms with van der Waals surface area (Å²) in [4.78, 5) is 6.76. The van der Waals surface area contributed by atoms with Gasteiger partial charge < -0.3 is 14.8 Å². The van der Waals surface area contributed by atoms with Crippen LogP contribution in [0.25, 0.3) is 0 Å². The van der Waals surface area contributed by atoms with Gasteiger partial charge in [-0.25, -0.2) is 4.98 Å². The van der Waals surface area contributed by atoms with Crippen LogP contribution in [0, 0.1) is 5.92 Å². The molecule has 4 nitrogen and oxygen atoms in total. The maximum Gasteiger partial charge on any atom is 0.202 e. The van der Waals surface area contributed by atoms with E-state index in [0.29, 0.717) is 0 Å². The van der Waals surface area contributed by atoms with Crippen LogP contribution in [0.5, 0.6) is 0 Å². The molecule has 0 radical (unpaired) electrons. The van der Waals surface area contributed by atoms with Gasteiger partial charge in [0.15, 0.2) is 0 Å². The van der Waals surface area contributed by atoms with Crippen LogP contribution in [0.2, 0.25) is 0 Å². The number of rotatable bonds is 5. The summed E-state index contributed by atoms with van der Waals surface area (Å²) in [6, 6.07) is 0. The van der Waals surface area contributed by atoms with Gasteiger partial charge in [0.25, 0.3) is 0 Å². The zero-order valence-electron chi connectivity index (χ0n) is 10.3. The summed E-state index contributed by atoms with van der Waals surface area (Å²) >= 11 is 0. The Labute approximate surface area is 97.7 Å². The average molecular weight is 222 g/mol. The van der Waals surface area contributed by atoms with Crippen LogP contribution in [0.4, 0.5) is 5.95 Å². The summed E-state index contributed by atoms with van der Waals surface area (Å²) in [5.41, 5.74) is 0. The van der Waals surface area contributed by atoms with Gasteiger partial charge in [0.1, 0.15) is 0 Å². The first-order chi connectivity index (χ1) is 7.79. The van der Waals surface area contributed by atoms with Crippen molar-refractivity contribution in [1.29, 1.82) is 0 Å². The molecule has 16 heavy (non-hydrogen) atoms. The molecule has 4 heteroatoms. The van der Waals surface area contributed by atoms with E-state index in [4.69, 9.17) is 0 Å². The quantitative estimate of drug-likeness (QED) is 0.822. The van der Waals surface area contributed by atoms with E-state index in [9.17, 15) is 0 Å². The molecule has 1 aliphatic rings. The molecule has 0 saturated carbocycles. The first-order valence-corrected chi connectivity index (χ1v) is 6.23. The van der Waals surface area contributed by atoms with Crippen molar-refractivity contribution in [2.75, 3.05) is 32.0 Å². The summed E-state index contributed by atoms with van der Waals surface area (Å²) in [5.74, 6) is 1.80. The van der Waals surface area contributed by atoms with Gasteiger partial charge in [-0.2, -0.15) is 0 Å². The van der Waals surface area contributed by atoms with E-state index in [2.05, 4.69) is 39.9 Å². The minimum absolute atomic E-state index is 0.779. The van der Waals surface area contributed by atoms with Crippen LogP contribution in [0.3, 0.4) is 0 Å². The number of hydrogen-bond donors (Lipinski definition) is 1. The molecule has 90 valence electrons. The number of imidazole rings is 1. The average Bonchev–Trinajstić information content (AvgIpc) is 2.86. The molecule has 1 fully saturated rings. The molecule has 1 aromatic rings. The Balaban J connectivity index is 1.90. The molecule has 2 rings (SSSR count). The largest absolute Gasteiger partial charge is 0.356 e. The van der Waals surface area contributed by atoms with Crippen LogP contribution in [-0.2, 0) is 6.54 Å². The summed E-state index contributed by atoms with van der Waals surface area (Å²) in [6.07, 6.45) is 6.41. The molecule has 1 atom stereocenters. The van der Waals surface area contributed by atoms with E-state index in [0.717, 1.165) is 31.4 Å². The number of nitrogens with zero attached hydrogens (tertiary/aromatic N) is 3. The Morgan fingerprint density at radius 2 is 2.44 bits per heavy atom. The lowest BCUT2D eigenvalue weighted by Gasteiger charge is -2.14. The smallest absolute Gasteiger partial charge is 0.202 e. The number of hydrogen-bond acceptors (Lipinski definition) is 3. The molecule has 1 aromatic heterocycles. The third-order valence-corrected chi connectivity index (χ3v) is 3.19. The number of anilines is 1. The Morgan fingerprint density at radius 1 is 1.56 bits per heavy atom. The summed E-state index contributed by atoms with van der Waals surface area (Å²) < 4.78 is 2.25. The van der Waals surface area contributed by atoms with E-state index >= 15 is 0 Å². The highest BCUT2D eigenvalue weighted by Gasteiger charge is 2.20. The van der Waals surface area contributed by atoms with Crippen LogP contribution >= 0.6 is 0 Å². The lowest BCUT2D eigenvalue weighted by molar-refractivity contribution is 0.379. The van der Waals surface area contributed by atoms with E-state index < -0.39 is 0 Å². The highest BCUT2D eigenvalue weighted by molar-refractivity contribution is 5.25.